The number of alkyl halides is 1. The Morgan fingerprint density at radius 2 is 2.45 bits per heavy atom. The lowest BCUT2D eigenvalue weighted by molar-refractivity contribution is 0.400. The van der Waals surface area contributed by atoms with Gasteiger partial charge >= 0.3 is 0 Å². The molecule has 0 heterocycles. The monoisotopic (exact) mass is 154 g/mol. The minimum Gasteiger partial charge on any atom is -0.243 e. The summed E-state index contributed by atoms with van der Waals surface area (Å²) < 4.78 is 12.5. The van der Waals surface area contributed by atoms with E-state index in [0.717, 1.165) is 6.42 Å². The lowest BCUT2D eigenvalue weighted by atomic mass is 10.0. The molecule has 0 bridgehead atoms. The Kier molecular flexibility index (Phi) is 3.34. The fraction of sp³-hybridized carbons (Fsp3) is 0.600. The molecule has 0 nitrogen and oxygen atoms in total. The first-order chi connectivity index (χ1) is 5.33. The number of hydrogen-bond acceptors (Lipinski definition) is 0. The molecular weight excluding hydrogens is 139 g/mol. The van der Waals surface area contributed by atoms with Gasteiger partial charge in [0, 0.05) is 6.42 Å². The van der Waals surface area contributed by atoms with E-state index in [9.17, 15) is 4.39 Å². The third kappa shape index (κ3) is 2.87. The molecule has 0 spiro atoms. The average Bonchev–Trinajstić information content (AvgIpc) is 2.04. The number of halogens is 1. The Balaban J connectivity index is 2.31. The molecule has 1 aliphatic rings. The van der Waals surface area contributed by atoms with Crippen LogP contribution in [-0.2, 0) is 0 Å². The summed E-state index contributed by atoms with van der Waals surface area (Å²) in [6, 6.07) is 0. The molecule has 1 aliphatic carbocycles. The zero-order chi connectivity index (χ0) is 8.10. The Labute approximate surface area is 67.8 Å². The highest BCUT2D eigenvalue weighted by atomic mass is 19.1. The first-order valence-electron chi connectivity index (χ1n) is 4.34. The first-order valence-corrected chi connectivity index (χ1v) is 4.34. The molecule has 0 aromatic rings. The van der Waals surface area contributed by atoms with Crippen LogP contribution < -0.4 is 0 Å². The SMILES string of the molecule is CCCCC1=CCC(F)C=C1. The predicted molar refractivity (Wildman–Crippen MR) is 46.3 cm³/mol. The van der Waals surface area contributed by atoms with Crippen LogP contribution in [0.1, 0.15) is 32.6 Å². The zero-order valence-electron chi connectivity index (χ0n) is 7.02. The normalized spacial score (nSPS) is 23.5. The molecule has 0 N–H and O–H groups in total. The molecule has 0 fully saturated rings. The van der Waals surface area contributed by atoms with E-state index in [0.29, 0.717) is 6.42 Å². The van der Waals surface area contributed by atoms with Crippen LogP contribution >= 0.6 is 0 Å². The van der Waals surface area contributed by atoms with E-state index in [-0.39, 0.29) is 0 Å². The summed E-state index contributed by atoms with van der Waals surface area (Å²) >= 11 is 0. The summed E-state index contributed by atoms with van der Waals surface area (Å²) in [5.41, 5.74) is 1.31. The van der Waals surface area contributed by atoms with Gasteiger partial charge in [0.15, 0.2) is 0 Å². The van der Waals surface area contributed by atoms with E-state index in [2.05, 4.69) is 6.92 Å². The van der Waals surface area contributed by atoms with E-state index in [4.69, 9.17) is 0 Å². The maximum absolute atomic E-state index is 12.5. The number of rotatable bonds is 3. The van der Waals surface area contributed by atoms with Crippen molar-refractivity contribution in [3.8, 4) is 0 Å². The van der Waals surface area contributed by atoms with Crippen molar-refractivity contribution in [3.63, 3.8) is 0 Å². The highest BCUT2D eigenvalue weighted by molar-refractivity contribution is 5.24. The molecule has 1 unspecified atom stereocenters. The molecule has 0 saturated carbocycles. The predicted octanol–water partition coefficient (Wildman–Crippen LogP) is 3.40. The molecule has 0 aromatic heterocycles. The van der Waals surface area contributed by atoms with Crippen LogP contribution in [0.5, 0.6) is 0 Å². The van der Waals surface area contributed by atoms with Crippen LogP contribution in [0.25, 0.3) is 0 Å². The van der Waals surface area contributed by atoms with Crippen molar-refractivity contribution in [1.82, 2.24) is 0 Å². The van der Waals surface area contributed by atoms with Crippen LogP contribution in [0.4, 0.5) is 4.39 Å². The van der Waals surface area contributed by atoms with Crippen LogP contribution in [0.3, 0.4) is 0 Å². The maximum Gasteiger partial charge on any atom is 0.122 e. The number of allylic oxidation sites excluding steroid dienone is 4. The zero-order valence-corrected chi connectivity index (χ0v) is 7.02. The van der Waals surface area contributed by atoms with Gasteiger partial charge in [0.1, 0.15) is 6.17 Å². The quantitative estimate of drug-likeness (QED) is 0.584. The lowest BCUT2D eigenvalue weighted by Gasteiger charge is -2.08. The van der Waals surface area contributed by atoms with Gasteiger partial charge in [-0.3, -0.25) is 0 Å². The smallest absolute Gasteiger partial charge is 0.122 e. The molecule has 0 aromatic carbocycles. The fourth-order valence-corrected chi connectivity index (χ4v) is 1.20. The summed E-state index contributed by atoms with van der Waals surface area (Å²) in [7, 11) is 0. The molecule has 1 atom stereocenters. The summed E-state index contributed by atoms with van der Waals surface area (Å²) in [4.78, 5) is 0. The summed E-state index contributed by atoms with van der Waals surface area (Å²) in [5, 5.41) is 0. The van der Waals surface area contributed by atoms with Gasteiger partial charge in [-0.2, -0.15) is 0 Å². The second-order valence-corrected chi connectivity index (χ2v) is 2.99. The van der Waals surface area contributed by atoms with Gasteiger partial charge in [-0.05, 0) is 12.8 Å². The van der Waals surface area contributed by atoms with E-state index in [1.54, 1.807) is 6.08 Å². The summed E-state index contributed by atoms with van der Waals surface area (Å²) in [6.07, 6.45) is 8.97. The topological polar surface area (TPSA) is 0 Å². The van der Waals surface area contributed by atoms with Crippen LogP contribution in [-0.4, -0.2) is 6.17 Å². The standard InChI is InChI=1S/C10H15F/c1-2-3-4-9-5-7-10(11)8-6-9/h5-7,10H,2-4,8H2,1H3. The summed E-state index contributed by atoms with van der Waals surface area (Å²) in [6.45, 7) is 2.17. The van der Waals surface area contributed by atoms with E-state index in [1.165, 1.54) is 18.4 Å². The Hall–Kier alpha value is -0.590. The molecule has 0 aliphatic heterocycles. The molecule has 0 radical (unpaired) electrons. The molecule has 0 amide bonds. The average molecular weight is 154 g/mol. The third-order valence-electron chi connectivity index (χ3n) is 1.94. The second kappa shape index (κ2) is 4.32. The Morgan fingerprint density at radius 1 is 1.64 bits per heavy atom. The number of unbranched alkanes of at least 4 members (excludes halogenated alkanes) is 1. The number of hydrogen-bond donors (Lipinski definition) is 0. The van der Waals surface area contributed by atoms with Crippen LogP contribution in [0.15, 0.2) is 23.8 Å². The first kappa shape index (κ1) is 8.51. The highest BCUT2D eigenvalue weighted by Gasteiger charge is 2.04. The van der Waals surface area contributed by atoms with E-state index < -0.39 is 6.17 Å². The van der Waals surface area contributed by atoms with Crippen molar-refractivity contribution in [1.29, 1.82) is 0 Å². The highest BCUT2D eigenvalue weighted by Crippen LogP contribution is 2.17. The van der Waals surface area contributed by atoms with Gasteiger partial charge in [-0.15, -0.1) is 0 Å². The van der Waals surface area contributed by atoms with Crippen molar-refractivity contribution in [3.05, 3.63) is 23.8 Å². The van der Waals surface area contributed by atoms with Gasteiger partial charge in [0.05, 0.1) is 0 Å². The second-order valence-electron chi connectivity index (χ2n) is 2.99. The van der Waals surface area contributed by atoms with Crippen LogP contribution in [0, 0.1) is 0 Å². The summed E-state index contributed by atoms with van der Waals surface area (Å²) in [5.74, 6) is 0. The van der Waals surface area contributed by atoms with Gasteiger partial charge in [-0.25, -0.2) is 4.39 Å². The van der Waals surface area contributed by atoms with Crippen molar-refractivity contribution in [2.45, 2.75) is 38.8 Å². The van der Waals surface area contributed by atoms with Gasteiger partial charge in [0.2, 0.25) is 0 Å². The molecule has 62 valence electrons. The molecule has 1 rings (SSSR count). The van der Waals surface area contributed by atoms with Gasteiger partial charge in [0.25, 0.3) is 0 Å². The van der Waals surface area contributed by atoms with Crippen molar-refractivity contribution in [2.75, 3.05) is 0 Å². The third-order valence-corrected chi connectivity index (χ3v) is 1.94. The van der Waals surface area contributed by atoms with Crippen LogP contribution in [0.2, 0.25) is 0 Å². The minimum atomic E-state index is -0.736. The maximum atomic E-state index is 12.5. The molecule has 11 heavy (non-hydrogen) atoms. The lowest BCUT2D eigenvalue weighted by Crippen LogP contribution is -1.98. The van der Waals surface area contributed by atoms with Gasteiger partial charge < -0.3 is 0 Å². The Bertz CT molecular complexity index is 168. The van der Waals surface area contributed by atoms with E-state index >= 15 is 0 Å². The molecular formula is C10H15F. The minimum absolute atomic E-state index is 0.579. The van der Waals surface area contributed by atoms with Crippen molar-refractivity contribution < 1.29 is 4.39 Å². The fourth-order valence-electron chi connectivity index (χ4n) is 1.20. The largest absolute Gasteiger partial charge is 0.243 e. The van der Waals surface area contributed by atoms with Gasteiger partial charge in [-0.1, -0.05) is 37.1 Å². The molecule has 0 saturated heterocycles. The van der Waals surface area contributed by atoms with E-state index in [1.807, 2.05) is 12.2 Å². The Morgan fingerprint density at radius 3 is 3.00 bits per heavy atom. The molecule has 1 heteroatoms. The van der Waals surface area contributed by atoms with Crippen molar-refractivity contribution in [2.24, 2.45) is 0 Å². The van der Waals surface area contributed by atoms with Crippen molar-refractivity contribution >= 4 is 0 Å².